The van der Waals surface area contributed by atoms with Crippen LogP contribution < -0.4 is 10.2 Å². The van der Waals surface area contributed by atoms with Crippen molar-refractivity contribution in [1.29, 1.82) is 0 Å². The van der Waals surface area contributed by atoms with Crippen molar-refractivity contribution in [3.05, 3.63) is 30.6 Å². The first kappa shape index (κ1) is 20.2. The van der Waals surface area contributed by atoms with E-state index in [0.29, 0.717) is 13.1 Å². The minimum Gasteiger partial charge on any atom is -0.354 e. The van der Waals surface area contributed by atoms with E-state index in [9.17, 15) is 4.79 Å². The molecule has 1 N–H and O–H groups in total. The molecule has 3 heterocycles. The topological polar surface area (TPSA) is 83.6 Å². The number of aryl methyl sites for hydroxylation is 2. The summed E-state index contributed by atoms with van der Waals surface area (Å²) in [6, 6.07) is 0. The van der Waals surface area contributed by atoms with Crippen LogP contribution >= 0.6 is 24.0 Å². The molecule has 2 aromatic rings. The second-order valence-corrected chi connectivity index (χ2v) is 5.98. The fourth-order valence-corrected chi connectivity index (χ4v) is 2.94. The van der Waals surface area contributed by atoms with Crippen LogP contribution in [0.5, 0.6) is 0 Å². The molecule has 1 aliphatic heterocycles. The average Bonchev–Trinajstić information content (AvgIpc) is 3.20. The number of halogens is 1. The minimum atomic E-state index is 0. The number of carbonyl (C=O) groups excluding carboxylic acids is 1. The number of anilines is 1. The van der Waals surface area contributed by atoms with Crippen molar-refractivity contribution in [1.82, 2.24) is 29.5 Å². The predicted molar refractivity (Wildman–Crippen MR) is 111 cm³/mol. The molecule has 142 valence electrons. The molecular weight excluding hydrogens is 447 g/mol. The summed E-state index contributed by atoms with van der Waals surface area (Å²) in [5.74, 6) is 1.78. The normalized spacial score (nSPS) is 15.2. The van der Waals surface area contributed by atoms with E-state index in [-0.39, 0.29) is 29.9 Å². The van der Waals surface area contributed by atoms with Crippen LogP contribution in [0.15, 0.2) is 29.8 Å². The van der Waals surface area contributed by atoms with E-state index >= 15 is 0 Å². The van der Waals surface area contributed by atoms with Gasteiger partial charge in [0.15, 0.2) is 5.96 Å². The SMILES string of the molecule is CN=C(NCCn1ccnc1C)N1CCN(c2cnn(C)c2)C(=O)C1.I. The molecule has 0 bridgehead atoms. The molecule has 0 radical (unpaired) electrons. The summed E-state index contributed by atoms with van der Waals surface area (Å²) in [6.07, 6.45) is 7.32. The maximum Gasteiger partial charge on any atom is 0.246 e. The molecule has 2 aromatic heterocycles. The molecule has 1 aliphatic rings. The lowest BCUT2D eigenvalue weighted by Gasteiger charge is -2.35. The van der Waals surface area contributed by atoms with Gasteiger partial charge in [0.25, 0.3) is 0 Å². The standard InChI is InChI=1S/C16H24N8O.HI/c1-13-18-4-6-22(13)7-5-19-16(17-2)23-8-9-24(15(25)12-23)14-10-20-21(3)11-14;/h4,6,10-11H,5,7-9,12H2,1-3H3,(H,17,19);1H. The first-order valence-electron chi connectivity index (χ1n) is 8.31. The highest BCUT2D eigenvalue weighted by Crippen LogP contribution is 2.15. The third kappa shape index (κ3) is 4.54. The highest BCUT2D eigenvalue weighted by molar-refractivity contribution is 14.0. The molecular formula is C16H25IN8O. The van der Waals surface area contributed by atoms with E-state index in [4.69, 9.17) is 0 Å². The molecule has 1 saturated heterocycles. The summed E-state index contributed by atoms with van der Waals surface area (Å²) in [4.78, 5) is 24.8. The van der Waals surface area contributed by atoms with Gasteiger partial charge in [-0.05, 0) is 6.92 Å². The van der Waals surface area contributed by atoms with Crippen molar-refractivity contribution in [2.24, 2.45) is 12.0 Å². The van der Waals surface area contributed by atoms with E-state index in [1.165, 1.54) is 0 Å². The number of hydrogen-bond donors (Lipinski definition) is 1. The Balaban J connectivity index is 0.00000243. The van der Waals surface area contributed by atoms with Crippen LogP contribution in [-0.4, -0.2) is 69.3 Å². The van der Waals surface area contributed by atoms with Crippen molar-refractivity contribution < 1.29 is 4.79 Å². The number of rotatable bonds is 4. The van der Waals surface area contributed by atoms with Crippen molar-refractivity contribution in [3.63, 3.8) is 0 Å². The van der Waals surface area contributed by atoms with Crippen LogP contribution in [0.3, 0.4) is 0 Å². The fourth-order valence-electron chi connectivity index (χ4n) is 2.94. The maximum absolute atomic E-state index is 12.5. The van der Waals surface area contributed by atoms with Gasteiger partial charge in [0.05, 0.1) is 11.9 Å². The Morgan fingerprint density at radius 1 is 1.38 bits per heavy atom. The molecule has 3 rings (SSSR count). The van der Waals surface area contributed by atoms with Gasteiger partial charge in [-0.1, -0.05) is 0 Å². The predicted octanol–water partition coefficient (Wildman–Crippen LogP) is 0.467. The zero-order valence-electron chi connectivity index (χ0n) is 15.3. The summed E-state index contributed by atoms with van der Waals surface area (Å²) < 4.78 is 3.78. The zero-order valence-corrected chi connectivity index (χ0v) is 17.6. The quantitative estimate of drug-likeness (QED) is 0.398. The Morgan fingerprint density at radius 2 is 2.19 bits per heavy atom. The molecule has 0 aromatic carbocycles. The number of amides is 1. The molecule has 0 unspecified atom stereocenters. The number of nitrogens with zero attached hydrogens (tertiary/aromatic N) is 7. The third-order valence-corrected chi connectivity index (χ3v) is 4.29. The van der Waals surface area contributed by atoms with Crippen molar-refractivity contribution in [2.75, 3.05) is 38.1 Å². The van der Waals surface area contributed by atoms with Gasteiger partial charge in [-0.3, -0.25) is 14.5 Å². The molecule has 10 heteroatoms. The number of hydrogen-bond acceptors (Lipinski definition) is 4. The van der Waals surface area contributed by atoms with Gasteiger partial charge in [-0.15, -0.1) is 24.0 Å². The Kier molecular flexibility index (Phi) is 7.00. The van der Waals surface area contributed by atoms with Gasteiger partial charge in [0.2, 0.25) is 5.91 Å². The monoisotopic (exact) mass is 472 g/mol. The summed E-state index contributed by atoms with van der Waals surface area (Å²) in [6.45, 7) is 5.15. The average molecular weight is 472 g/mol. The Hall–Kier alpha value is -2.11. The Labute approximate surface area is 170 Å². The van der Waals surface area contributed by atoms with Crippen molar-refractivity contribution in [2.45, 2.75) is 13.5 Å². The van der Waals surface area contributed by atoms with Gasteiger partial charge >= 0.3 is 0 Å². The van der Waals surface area contributed by atoms with Gasteiger partial charge in [0.1, 0.15) is 12.4 Å². The highest BCUT2D eigenvalue weighted by atomic mass is 127. The number of carbonyl (C=O) groups is 1. The van der Waals surface area contributed by atoms with E-state index < -0.39 is 0 Å². The van der Waals surface area contributed by atoms with Gasteiger partial charge < -0.3 is 19.7 Å². The number of aromatic nitrogens is 4. The molecule has 9 nitrogen and oxygen atoms in total. The first-order valence-corrected chi connectivity index (χ1v) is 8.31. The van der Waals surface area contributed by atoms with E-state index in [1.807, 2.05) is 31.3 Å². The van der Waals surface area contributed by atoms with E-state index in [2.05, 4.69) is 25.0 Å². The second kappa shape index (κ2) is 9.01. The zero-order chi connectivity index (χ0) is 17.8. The lowest BCUT2D eigenvalue weighted by Crippen LogP contribution is -2.55. The van der Waals surface area contributed by atoms with Crippen LogP contribution in [0.2, 0.25) is 0 Å². The largest absolute Gasteiger partial charge is 0.354 e. The Bertz CT molecular complexity index is 768. The minimum absolute atomic E-state index is 0. The smallest absolute Gasteiger partial charge is 0.246 e. The molecule has 0 spiro atoms. The fraction of sp³-hybridized carbons (Fsp3) is 0.500. The number of imidazole rings is 1. The maximum atomic E-state index is 12.5. The number of piperazine rings is 1. The van der Waals surface area contributed by atoms with Crippen molar-refractivity contribution >= 4 is 41.5 Å². The van der Waals surface area contributed by atoms with Gasteiger partial charge in [0, 0.05) is 58.9 Å². The number of guanidine groups is 1. The molecule has 26 heavy (non-hydrogen) atoms. The van der Waals surface area contributed by atoms with Crippen LogP contribution in [0.25, 0.3) is 0 Å². The highest BCUT2D eigenvalue weighted by Gasteiger charge is 2.27. The lowest BCUT2D eigenvalue weighted by molar-refractivity contribution is -0.120. The van der Waals surface area contributed by atoms with Crippen LogP contribution in [0, 0.1) is 6.92 Å². The van der Waals surface area contributed by atoms with Crippen LogP contribution in [-0.2, 0) is 18.4 Å². The molecule has 0 atom stereocenters. The summed E-state index contributed by atoms with van der Waals surface area (Å²) >= 11 is 0. The molecule has 1 fully saturated rings. The number of aliphatic imine (C=N–C) groups is 1. The summed E-state index contributed by atoms with van der Waals surface area (Å²) in [7, 11) is 3.58. The molecule has 1 amide bonds. The first-order chi connectivity index (χ1) is 12.1. The second-order valence-electron chi connectivity index (χ2n) is 5.98. The lowest BCUT2D eigenvalue weighted by atomic mass is 10.3. The van der Waals surface area contributed by atoms with E-state index in [0.717, 1.165) is 37.1 Å². The molecule has 0 saturated carbocycles. The van der Waals surface area contributed by atoms with Crippen LogP contribution in [0.4, 0.5) is 5.69 Å². The van der Waals surface area contributed by atoms with Crippen molar-refractivity contribution in [3.8, 4) is 0 Å². The van der Waals surface area contributed by atoms with Gasteiger partial charge in [-0.2, -0.15) is 5.10 Å². The Morgan fingerprint density at radius 3 is 2.77 bits per heavy atom. The van der Waals surface area contributed by atoms with Gasteiger partial charge in [-0.25, -0.2) is 4.98 Å². The third-order valence-electron chi connectivity index (χ3n) is 4.29. The summed E-state index contributed by atoms with van der Waals surface area (Å²) in [5.41, 5.74) is 0.839. The van der Waals surface area contributed by atoms with E-state index in [1.54, 1.807) is 29.0 Å². The molecule has 0 aliphatic carbocycles. The number of nitrogens with one attached hydrogen (secondary N) is 1. The van der Waals surface area contributed by atoms with Crippen LogP contribution in [0.1, 0.15) is 5.82 Å². The summed E-state index contributed by atoms with van der Waals surface area (Å²) in [5, 5.41) is 7.46.